The molecule has 23 heavy (non-hydrogen) atoms. The van der Waals surface area contributed by atoms with Gasteiger partial charge >= 0.3 is 0 Å². The molecule has 2 rings (SSSR count). The lowest BCUT2D eigenvalue weighted by molar-refractivity contribution is 0.584. The molecular formula is C14H15FN2O4S2. The predicted octanol–water partition coefficient (Wildman–Crippen LogP) is 1.92. The fourth-order valence-corrected chi connectivity index (χ4v) is 3.90. The molecule has 6 nitrogen and oxygen atoms in total. The summed E-state index contributed by atoms with van der Waals surface area (Å²) in [6, 6.07) is 9.63. The molecule has 0 aliphatic heterocycles. The Morgan fingerprint density at radius 1 is 0.826 bits per heavy atom. The highest BCUT2D eigenvalue weighted by Crippen LogP contribution is 2.18. The quantitative estimate of drug-likeness (QED) is 0.825. The molecule has 0 unspecified atom stereocenters. The minimum Gasteiger partial charge on any atom is -0.280 e. The first-order valence-electron chi connectivity index (χ1n) is 6.63. The van der Waals surface area contributed by atoms with Crippen molar-refractivity contribution < 1.29 is 21.2 Å². The van der Waals surface area contributed by atoms with Gasteiger partial charge in [-0.25, -0.2) is 25.9 Å². The van der Waals surface area contributed by atoms with Gasteiger partial charge < -0.3 is 0 Å². The lowest BCUT2D eigenvalue weighted by Gasteiger charge is -2.09. The first-order chi connectivity index (χ1) is 10.7. The van der Waals surface area contributed by atoms with Gasteiger partial charge in [-0.3, -0.25) is 4.72 Å². The molecule has 0 aromatic heterocycles. The van der Waals surface area contributed by atoms with Crippen molar-refractivity contribution in [3.63, 3.8) is 0 Å². The zero-order chi connectivity index (χ0) is 17.1. The fraction of sp³-hybridized carbons (Fsp3) is 0.143. The standard InChI is InChI=1S/C14H15FN2O4S2/c1-2-16-22(18,19)13-9-5-12(6-10-13)17-23(20,21)14-7-3-11(15)4-8-14/h3-10,16-17H,2H2,1H3. The summed E-state index contributed by atoms with van der Waals surface area (Å²) in [5.74, 6) is -0.540. The molecule has 2 N–H and O–H groups in total. The monoisotopic (exact) mass is 358 g/mol. The molecule has 0 radical (unpaired) electrons. The SMILES string of the molecule is CCNS(=O)(=O)c1ccc(NS(=O)(=O)c2ccc(F)cc2)cc1. The van der Waals surface area contributed by atoms with Crippen LogP contribution in [0.3, 0.4) is 0 Å². The maximum Gasteiger partial charge on any atom is 0.261 e. The summed E-state index contributed by atoms with van der Waals surface area (Å²) in [6.45, 7) is 1.91. The van der Waals surface area contributed by atoms with Crippen LogP contribution in [-0.4, -0.2) is 23.4 Å². The van der Waals surface area contributed by atoms with E-state index in [2.05, 4.69) is 9.44 Å². The number of halogens is 1. The second-order valence-corrected chi connectivity index (χ2v) is 8.03. The summed E-state index contributed by atoms with van der Waals surface area (Å²) in [6.07, 6.45) is 0. The highest BCUT2D eigenvalue weighted by molar-refractivity contribution is 7.92. The number of sulfonamides is 2. The predicted molar refractivity (Wildman–Crippen MR) is 84.5 cm³/mol. The molecule has 9 heteroatoms. The van der Waals surface area contributed by atoms with Gasteiger partial charge in [0.2, 0.25) is 10.0 Å². The maximum absolute atomic E-state index is 12.8. The molecule has 2 aromatic carbocycles. The fourth-order valence-electron chi connectivity index (χ4n) is 1.80. The number of nitrogens with one attached hydrogen (secondary N) is 2. The number of benzene rings is 2. The minimum absolute atomic E-state index is 0.0316. The molecule has 0 atom stereocenters. The summed E-state index contributed by atoms with van der Waals surface area (Å²) >= 11 is 0. The first kappa shape index (κ1) is 17.4. The van der Waals surface area contributed by atoms with Gasteiger partial charge in [0, 0.05) is 12.2 Å². The van der Waals surface area contributed by atoms with Crippen LogP contribution in [0.15, 0.2) is 58.3 Å². The topological polar surface area (TPSA) is 92.3 Å². The lowest BCUT2D eigenvalue weighted by Crippen LogP contribution is -2.23. The molecule has 0 spiro atoms. The van der Waals surface area contributed by atoms with Crippen molar-refractivity contribution in [2.75, 3.05) is 11.3 Å². The van der Waals surface area contributed by atoms with Crippen LogP contribution in [-0.2, 0) is 20.0 Å². The Morgan fingerprint density at radius 3 is 1.83 bits per heavy atom. The van der Waals surface area contributed by atoms with Crippen molar-refractivity contribution in [2.24, 2.45) is 0 Å². The molecule has 0 saturated heterocycles. The molecule has 0 saturated carbocycles. The molecule has 0 amide bonds. The van der Waals surface area contributed by atoms with E-state index in [0.29, 0.717) is 0 Å². The number of hydrogen-bond acceptors (Lipinski definition) is 4. The van der Waals surface area contributed by atoms with E-state index in [0.717, 1.165) is 24.3 Å². The van der Waals surface area contributed by atoms with Gasteiger partial charge in [0.1, 0.15) is 5.82 Å². The molecular weight excluding hydrogens is 343 g/mol. The van der Waals surface area contributed by atoms with E-state index in [1.54, 1.807) is 6.92 Å². The highest BCUT2D eigenvalue weighted by Gasteiger charge is 2.16. The van der Waals surface area contributed by atoms with E-state index in [-0.39, 0.29) is 22.0 Å². The van der Waals surface area contributed by atoms with Crippen molar-refractivity contribution in [1.82, 2.24) is 4.72 Å². The Hall–Kier alpha value is -1.97. The number of hydrogen-bond donors (Lipinski definition) is 2. The van der Waals surface area contributed by atoms with Crippen molar-refractivity contribution in [2.45, 2.75) is 16.7 Å². The third kappa shape index (κ3) is 4.27. The Kier molecular flexibility index (Phi) is 5.03. The molecule has 0 fully saturated rings. The van der Waals surface area contributed by atoms with Crippen LogP contribution in [0.25, 0.3) is 0 Å². The molecule has 0 aliphatic carbocycles. The Balaban J connectivity index is 2.22. The van der Waals surface area contributed by atoms with E-state index in [4.69, 9.17) is 0 Å². The number of anilines is 1. The van der Waals surface area contributed by atoms with Gasteiger partial charge in [0.05, 0.1) is 9.79 Å². The zero-order valence-corrected chi connectivity index (χ0v) is 13.8. The molecule has 0 heterocycles. The van der Waals surface area contributed by atoms with E-state index >= 15 is 0 Å². The highest BCUT2D eigenvalue weighted by atomic mass is 32.2. The van der Waals surface area contributed by atoms with Crippen LogP contribution < -0.4 is 9.44 Å². The number of rotatable bonds is 6. The van der Waals surface area contributed by atoms with Crippen molar-refractivity contribution in [3.8, 4) is 0 Å². The summed E-state index contributed by atoms with van der Waals surface area (Å²) in [4.78, 5) is -0.0627. The van der Waals surface area contributed by atoms with Crippen molar-refractivity contribution in [3.05, 3.63) is 54.3 Å². The van der Waals surface area contributed by atoms with Crippen molar-refractivity contribution in [1.29, 1.82) is 0 Å². The Labute approximate surface area is 134 Å². The zero-order valence-electron chi connectivity index (χ0n) is 12.2. The summed E-state index contributed by atoms with van der Waals surface area (Å²) < 4.78 is 65.3. The third-order valence-corrected chi connectivity index (χ3v) is 5.83. The molecule has 0 bridgehead atoms. The van der Waals surface area contributed by atoms with Crippen LogP contribution in [0.4, 0.5) is 10.1 Å². The molecule has 2 aromatic rings. The maximum atomic E-state index is 12.8. The molecule has 124 valence electrons. The first-order valence-corrected chi connectivity index (χ1v) is 9.59. The Morgan fingerprint density at radius 2 is 1.30 bits per heavy atom. The molecule has 0 aliphatic rings. The summed E-state index contributed by atoms with van der Waals surface area (Å²) in [5.41, 5.74) is 0.199. The van der Waals surface area contributed by atoms with Gasteiger partial charge in [-0.2, -0.15) is 0 Å². The van der Waals surface area contributed by atoms with Gasteiger partial charge in [0.25, 0.3) is 10.0 Å². The van der Waals surface area contributed by atoms with E-state index in [9.17, 15) is 21.2 Å². The average Bonchev–Trinajstić information content (AvgIpc) is 2.48. The van der Waals surface area contributed by atoms with Crippen LogP contribution in [0.2, 0.25) is 0 Å². The van der Waals surface area contributed by atoms with E-state index < -0.39 is 25.9 Å². The second-order valence-electron chi connectivity index (χ2n) is 4.59. The van der Waals surface area contributed by atoms with Gasteiger partial charge in [-0.15, -0.1) is 0 Å². The van der Waals surface area contributed by atoms with Crippen molar-refractivity contribution >= 4 is 25.7 Å². The smallest absolute Gasteiger partial charge is 0.261 e. The van der Waals surface area contributed by atoms with Crippen LogP contribution in [0, 0.1) is 5.82 Å². The van der Waals surface area contributed by atoms with Gasteiger partial charge in [0.15, 0.2) is 0 Å². The van der Waals surface area contributed by atoms with Crippen LogP contribution >= 0.6 is 0 Å². The third-order valence-electron chi connectivity index (χ3n) is 2.88. The summed E-state index contributed by atoms with van der Waals surface area (Å²) in [5, 5.41) is 0. The second kappa shape index (κ2) is 6.65. The van der Waals surface area contributed by atoms with Gasteiger partial charge in [-0.05, 0) is 48.5 Å². The lowest BCUT2D eigenvalue weighted by atomic mass is 10.3. The summed E-state index contributed by atoms with van der Waals surface area (Å²) in [7, 11) is -7.47. The Bertz CT molecular complexity index is 877. The largest absolute Gasteiger partial charge is 0.280 e. The normalized spacial score (nSPS) is 12.1. The van der Waals surface area contributed by atoms with E-state index in [1.807, 2.05) is 0 Å². The van der Waals surface area contributed by atoms with Crippen LogP contribution in [0.5, 0.6) is 0 Å². The average molecular weight is 358 g/mol. The minimum atomic E-state index is -3.87. The van der Waals surface area contributed by atoms with Gasteiger partial charge in [-0.1, -0.05) is 6.92 Å². The van der Waals surface area contributed by atoms with E-state index in [1.165, 1.54) is 24.3 Å². The van der Waals surface area contributed by atoms with Crippen LogP contribution in [0.1, 0.15) is 6.92 Å².